The molecule has 3 N–H and O–H groups in total. The Hall–Kier alpha value is -3.00. The van der Waals surface area contributed by atoms with Gasteiger partial charge in [0, 0.05) is 60.1 Å². The number of aliphatic hydroxyl groups is 1. The van der Waals surface area contributed by atoms with Crippen molar-refractivity contribution in [2.75, 3.05) is 25.5 Å². The summed E-state index contributed by atoms with van der Waals surface area (Å²) in [5.41, 5.74) is 7.45. The quantitative estimate of drug-likeness (QED) is 0.352. The predicted molar refractivity (Wildman–Crippen MR) is 155 cm³/mol. The van der Waals surface area contributed by atoms with E-state index in [0.717, 1.165) is 58.6 Å². The third-order valence-electron chi connectivity index (χ3n) is 8.18. The zero-order chi connectivity index (χ0) is 27.4. The molecule has 0 bridgehead atoms. The molecule has 1 unspecified atom stereocenters. The van der Waals surface area contributed by atoms with Gasteiger partial charge in [0.1, 0.15) is 6.23 Å². The van der Waals surface area contributed by atoms with Crippen LogP contribution in [0.4, 0.5) is 5.69 Å². The van der Waals surface area contributed by atoms with Crippen LogP contribution in [0.15, 0.2) is 47.5 Å². The average molecular weight is 518 g/mol. The number of nitrogens with one attached hydrogen (secondary N) is 2. The number of anilines is 1. The first-order valence-corrected chi connectivity index (χ1v) is 13.8. The molecule has 0 aliphatic heterocycles. The summed E-state index contributed by atoms with van der Waals surface area (Å²) in [4.78, 5) is 24.5. The minimum Gasteiger partial charge on any atom is -0.374 e. The molecule has 1 aliphatic carbocycles. The van der Waals surface area contributed by atoms with Gasteiger partial charge >= 0.3 is 0 Å². The van der Waals surface area contributed by atoms with E-state index in [1.165, 1.54) is 12.8 Å². The fourth-order valence-corrected chi connectivity index (χ4v) is 5.94. The van der Waals surface area contributed by atoms with Gasteiger partial charge in [-0.05, 0) is 120 Å². The Balaban J connectivity index is 1.68. The second-order valence-corrected chi connectivity index (χ2v) is 10.9. The third kappa shape index (κ3) is 6.17. The summed E-state index contributed by atoms with van der Waals surface area (Å²) in [5.74, 6) is 0. The lowest BCUT2D eigenvalue weighted by molar-refractivity contribution is 0.136. The van der Waals surface area contributed by atoms with Crippen LogP contribution in [0.2, 0.25) is 0 Å². The number of aromatic nitrogens is 2. The minimum atomic E-state index is -0.918. The molecule has 1 aromatic carbocycles. The molecule has 0 radical (unpaired) electrons. The molecule has 1 aliphatic rings. The summed E-state index contributed by atoms with van der Waals surface area (Å²) in [5, 5.41) is 14.6. The average Bonchev–Trinajstić information content (AvgIpc) is 2.90. The van der Waals surface area contributed by atoms with E-state index in [1.807, 2.05) is 32.0 Å². The number of H-pyrrole nitrogens is 1. The van der Waals surface area contributed by atoms with Crippen molar-refractivity contribution < 1.29 is 5.11 Å². The number of pyridine rings is 2. The molecule has 0 spiro atoms. The van der Waals surface area contributed by atoms with Crippen molar-refractivity contribution >= 4 is 5.69 Å². The summed E-state index contributed by atoms with van der Waals surface area (Å²) < 4.78 is 0. The maximum Gasteiger partial charge on any atom is 0.252 e. The molecule has 2 aromatic heterocycles. The van der Waals surface area contributed by atoms with Crippen LogP contribution < -0.4 is 15.8 Å². The first kappa shape index (κ1) is 28.0. The van der Waals surface area contributed by atoms with E-state index < -0.39 is 6.23 Å². The fourth-order valence-electron chi connectivity index (χ4n) is 5.94. The molecular weight excluding hydrogens is 474 g/mol. The van der Waals surface area contributed by atoms with Crippen molar-refractivity contribution in [3.8, 4) is 11.1 Å². The summed E-state index contributed by atoms with van der Waals surface area (Å²) in [6.07, 6.45) is 7.38. The Bertz CT molecular complexity index is 1280. The van der Waals surface area contributed by atoms with Crippen molar-refractivity contribution in [3.05, 3.63) is 81.0 Å². The molecule has 7 nitrogen and oxygen atoms in total. The molecule has 2 heterocycles. The van der Waals surface area contributed by atoms with E-state index in [4.69, 9.17) is 0 Å². The normalized spacial score (nSPS) is 18.5. The standard InChI is InChI=1S/C31H43N5O2/c1-7-36(26-10-8-25(9-11-26)35(5)6)29-18-24(23-12-14-32-15-13-23)17-27(22(29)4)30(37)33-19-28-20(2)16-21(3)34-31(28)38/h12-18,25-26,30,33,37H,7-11,19H2,1-6H3,(H,34,38). The van der Waals surface area contributed by atoms with Gasteiger partial charge in [0.25, 0.3) is 5.56 Å². The molecule has 0 saturated heterocycles. The monoisotopic (exact) mass is 517 g/mol. The van der Waals surface area contributed by atoms with Crippen molar-refractivity contribution in [2.24, 2.45) is 0 Å². The highest BCUT2D eigenvalue weighted by Gasteiger charge is 2.28. The highest BCUT2D eigenvalue weighted by molar-refractivity contribution is 5.72. The SMILES string of the molecule is CCN(c1cc(-c2ccncc2)cc(C(O)NCc2c(C)cc(C)[nH]c2=O)c1C)C1CCC(N(C)C)CC1. The van der Waals surface area contributed by atoms with Gasteiger partial charge < -0.3 is 19.9 Å². The molecule has 1 fully saturated rings. The molecular formula is C31H43N5O2. The molecule has 38 heavy (non-hydrogen) atoms. The lowest BCUT2D eigenvalue weighted by atomic mass is 9.88. The number of hydrogen-bond acceptors (Lipinski definition) is 6. The van der Waals surface area contributed by atoms with Gasteiger partial charge in [-0.15, -0.1) is 0 Å². The van der Waals surface area contributed by atoms with Gasteiger partial charge in [0.15, 0.2) is 0 Å². The molecule has 1 atom stereocenters. The van der Waals surface area contributed by atoms with E-state index in [0.29, 0.717) is 17.6 Å². The van der Waals surface area contributed by atoms with Gasteiger partial charge in [0.05, 0.1) is 0 Å². The van der Waals surface area contributed by atoms with Crippen LogP contribution in [0.1, 0.15) is 66.8 Å². The van der Waals surface area contributed by atoms with Gasteiger partial charge in [0.2, 0.25) is 0 Å². The van der Waals surface area contributed by atoms with E-state index in [2.05, 4.69) is 65.2 Å². The van der Waals surface area contributed by atoms with E-state index in [9.17, 15) is 9.90 Å². The Morgan fingerprint density at radius 2 is 1.68 bits per heavy atom. The van der Waals surface area contributed by atoms with Gasteiger partial charge in [-0.3, -0.25) is 15.1 Å². The van der Waals surface area contributed by atoms with Crippen molar-refractivity contribution in [1.82, 2.24) is 20.2 Å². The van der Waals surface area contributed by atoms with Crippen molar-refractivity contribution in [2.45, 2.75) is 78.2 Å². The number of hydrogen-bond donors (Lipinski definition) is 3. The van der Waals surface area contributed by atoms with Crippen LogP contribution in [-0.4, -0.2) is 52.7 Å². The van der Waals surface area contributed by atoms with E-state index >= 15 is 0 Å². The summed E-state index contributed by atoms with van der Waals surface area (Å²) >= 11 is 0. The Kier molecular flexibility index (Phi) is 9.03. The number of aliphatic hydroxyl groups excluding tert-OH is 1. The highest BCUT2D eigenvalue weighted by Crippen LogP contribution is 2.37. The fraction of sp³-hybridized carbons (Fsp3) is 0.484. The van der Waals surface area contributed by atoms with Crippen LogP contribution >= 0.6 is 0 Å². The largest absolute Gasteiger partial charge is 0.374 e. The molecule has 3 aromatic rings. The number of nitrogens with zero attached hydrogens (tertiary/aromatic N) is 3. The molecule has 7 heteroatoms. The first-order chi connectivity index (χ1) is 18.2. The van der Waals surface area contributed by atoms with Crippen LogP contribution in [0.5, 0.6) is 0 Å². The Labute approximate surface area is 226 Å². The number of aromatic amines is 1. The van der Waals surface area contributed by atoms with Crippen molar-refractivity contribution in [1.29, 1.82) is 0 Å². The first-order valence-electron chi connectivity index (χ1n) is 13.8. The topological polar surface area (TPSA) is 84.5 Å². The number of rotatable bonds is 9. The Morgan fingerprint density at radius 1 is 1.03 bits per heavy atom. The number of aryl methyl sites for hydroxylation is 2. The lowest BCUT2D eigenvalue weighted by Gasteiger charge is -2.40. The van der Waals surface area contributed by atoms with Gasteiger partial charge in [-0.25, -0.2) is 0 Å². The lowest BCUT2D eigenvalue weighted by Crippen LogP contribution is -2.42. The minimum absolute atomic E-state index is 0.115. The van der Waals surface area contributed by atoms with E-state index in [1.54, 1.807) is 12.4 Å². The second kappa shape index (κ2) is 12.2. The Morgan fingerprint density at radius 3 is 2.29 bits per heavy atom. The van der Waals surface area contributed by atoms with Crippen LogP contribution in [0, 0.1) is 20.8 Å². The van der Waals surface area contributed by atoms with Crippen LogP contribution in [0.25, 0.3) is 11.1 Å². The zero-order valence-corrected chi connectivity index (χ0v) is 23.7. The number of benzene rings is 1. The van der Waals surface area contributed by atoms with Crippen LogP contribution in [-0.2, 0) is 6.54 Å². The maximum absolute atomic E-state index is 12.5. The smallest absolute Gasteiger partial charge is 0.252 e. The van der Waals surface area contributed by atoms with E-state index in [-0.39, 0.29) is 12.1 Å². The molecule has 4 rings (SSSR count). The molecule has 0 amide bonds. The third-order valence-corrected chi connectivity index (χ3v) is 8.18. The highest BCUT2D eigenvalue weighted by atomic mass is 16.3. The van der Waals surface area contributed by atoms with Gasteiger partial charge in [-0.2, -0.15) is 0 Å². The summed E-state index contributed by atoms with van der Waals surface area (Å²) in [7, 11) is 4.36. The molecule has 1 saturated carbocycles. The summed E-state index contributed by atoms with van der Waals surface area (Å²) in [6.45, 7) is 9.31. The summed E-state index contributed by atoms with van der Waals surface area (Å²) in [6, 6.07) is 11.4. The van der Waals surface area contributed by atoms with Crippen LogP contribution in [0.3, 0.4) is 0 Å². The molecule has 204 valence electrons. The second-order valence-electron chi connectivity index (χ2n) is 10.9. The maximum atomic E-state index is 12.5. The zero-order valence-electron chi connectivity index (χ0n) is 23.7. The predicted octanol–water partition coefficient (Wildman–Crippen LogP) is 4.84. The van der Waals surface area contributed by atoms with Crippen molar-refractivity contribution in [3.63, 3.8) is 0 Å². The van der Waals surface area contributed by atoms with Gasteiger partial charge in [-0.1, -0.05) is 0 Å².